The predicted molar refractivity (Wildman–Crippen MR) is 76.8 cm³/mol. The molecule has 5 nitrogen and oxygen atoms in total. The molecule has 2 heterocycles. The Kier molecular flexibility index (Phi) is 3.13. The molecule has 2 aromatic heterocycles. The van der Waals surface area contributed by atoms with Crippen molar-refractivity contribution in [3.63, 3.8) is 0 Å². The summed E-state index contributed by atoms with van der Waals surface area (Å²) < 4.78 is 19.4. The van der Waals surface area contributed by atoms with Gasteiger partial charge in [0.2, 0.25) is 0 Å². The summed E-state index contributed by atoms with van der Waals surface area (Å²) >= 11 is 0. The normalized spacial score (nSPS) is 10.8. The molecule has 0 saturated heterocycles. The molecular weight excluding hydrogens is 271 g/mol. The average molecular weight is 284 g/mol. The number of anilines is 1. The highest BCUT2D eigenvalue weighted by Gasteiger charge is 2.22. The molecule has 2 N–H and O–H groups in total. The largest absolute Gasteiger partial charge is 0.380 e. The monoisotopic (exact) mass is 284 g/mol. The minimum atomic E-state index is -0.384. The maximum Gasteiger partial charge on any atom is 0.178 e. The van der Waals surface area contributed by atoms with Crippen molar-refractivity contribution in [1.82, 2.24) is 15.4 Å². The number of aryl methyl sites for hydroxylation is 2. The maximum absolute atomic E-state index is 14.1. The van der Waals surface area contributed by atoms with Crippen LogP contribution in [0.25, 0.3) is 22.5 Å². The lowest BCUT2D eigenvalue weighted by molar-refractivity contribution is 0.435. The van der Waals surface area contributed by atoms with Crippen molar-refractivity contribution in [3.05, 3.63) is 47.5 Å². The van der Waals surface area contributed by atoms with Crippen LogP contribution in [0.1, 0.15) is 11.4 Å². The lowest BCUT2D eigenvalue weighted by Crippen LogP contribution is -1.95. The fourth-order valence-corrected chi connectivity index (χ4v) is 2.19. The molecule has 0 radical (unpaired) electrons. The molecule has 0 aliphatic heterocycles. The minimum absolute atomic E-state index is 0.143. The first kappa shape index (κ1) is 13.2. The lowest BCUT2D eigenvalue weighted by atomic mass is 10.0. The first-order valence-electron chi connectivity index (χ1n) is 6.39. The van der Waals surface area contributed by atoms with Gasteiger partial charge in [-0.2, -0.15) is 10.2 Å². The molecule has 0 aliphatic carbocycles. The van der Waals surface area contributed by atoms with E-state index in [1.54, 1.807) is 25.1 Å². The summed E-state index contributed by atoms with van der Waals surface area (Å²) in [6.45, 7) is 3.62. The van der Waals surface area contributed by atoms with E-state index in [9.17, 15) is 4.39 Å². The lowest BCUT2D eigenvalue weighted by Gasteiger charge is -2.06. The number of hydrogen-bond acceptors (Lipinski definition) is 5. The van der Waals surface area contributed by atoms with E-state index in [1.807, 2.05) is 13.0 Å². The van der Waals surface area contributed by atoms with E-state index in [4.69, 9.17) is 10.3 Å². The molecule has 0 unspecified atom stereocenters. The van der Waals surface area contributed by atoms with Crippen molar-refractivity contribution in [2.24, 2.45) is 0 Å². The molecule has 0 saturated carbocycles. The maximum atomic E-state index is 14.1. The summed E-state index contributed by atoms with van der Waals surface area (Å²) in [6, 6.07) is 8.17. The minimum Gasteiger partial charge on any atom is -0.380 e. The first-order valence-corrected chi connectivity index (χ1v) is 6.39. The van der Waals surface area contributed by atoms with Crippen LogP contribution in [-0.4, -0.2) is 15.4 Å². The van der Waals surface area contributed by atoms with E-state index in [0.717, 1.165) is 5.69 Å². The predicted octanol–water partition coefficient (Wildman–Crippen LogP) is 3.14. The number of nitrogens with zero attached hydrogens (tertiary/aromatic N) is 3. The van der Waals surface area contributed by atoms with Gasteiger partial charge >= 0.3 is 0 Å². The Morgan fingerprint density at radius 2 is 1.86 bits per heavy atom. The van der Waals surface area contributed by atoms with Gasteiger partial charge in [-0.05, 0) is 26.0 Å². The zero-order valence-corrected chi connectivity index (χ0v) is 11.6. The van der Waals surface area contributed by atoms with E-state index in [1.165, 1.54) is 6.07 Å². The van der Waals surface area contributed by atoms with Crippen LogP contribution in [0.15, 0.2) is 34.9 Å². The van der Waals surface area contributed by atoms with Crippen LogP contribution in [0, 0.1) is 19.7 Å². The molecule has 106 valence electrons. The van der Waals surface area contributed by atoms with Gasteiger partial charge in [0.25, 0.3) is 0 Å². The Bertz CT molecular complexity index is 813. The molecule has 0 spiro atoms. The molecule has 0 bridgehead atoms. The van der Waals surface area contributed by atoms with E-state index < -0.39 is 0 Å². The number of nitrogen functional groups attached to an aromatic ring is 1. The zero-order chi connectivity index (χ0) is 15.0. The Morgan fingerprint density at radius 3 is 2.62 bits per heavy atom. The number of aromatic nitrogens is 3. The van der Waals surface area contributed by atoms with E-state index in [-0.39, 0.29) is 11.6 Å². The van der Waals surface area contributed by atoms with Crippen molar-refractivity contribution in [2.75, 3.05) is 5.73 Å². The third-order valence-electron chi connectivity index (χ3n) is 3.21. The van der Waals surface area contributed by atoms with Gasteiger partial charge in [0.05, 0.1) is 17.0 Å². The Labute approximate surface area is 120 Å². The van der Waals surface area contributed by atoms with Gasteiger partial charge in [0, 0.05) is 11.1 Å². The molecule has 0 aliphatic rings. The van der Waals surface area contributed by atoms with Crippen LogP contribution >= 0.6 is 0 Å². The number of benzene rings is 1. The highest BCUT2D eigenvalue weighted by atomic mass is 19.1. The van der Waals surface area contributed by atoms with Gasteiger partial charge in [-0.15, -0.1) is 0 Å². The van der Waals surface area contributed by atoms with Crippen molar-refractivity contribution in [2.45, 2.75) is 13.8 Å². The second-order valence-corrected chi connectivity index (χ2v) is 4.74. The van der Waals surface area contributed by atoms with Gasteiger partial charge in [-0.25, -0.2) is 4.39 Å². The zero-order valence-electron chi connectivity index (χ0n) is 11.6. The third-order valence-corrected chi connectivity index (χ3v) is 3.21. The molecule has 3 rings (SSSR count). The summed E-state index contributed by atoms with van der Waals surface area (Å²) in [5.74, 6) is 0.155. The number of halogens is 1. The van der Waals surface area contributed by atoms with Crippen LogP contribution in [0.4, 0.5) is 10.2 Å². The smallest absolute Gasteiger partial charge is 0.178 e. The summed E-state index contributed by atoms with van der Waals surface area (Å²) in [4.78, 5) is 0. The fourth-order valence-electron chi connectivity index (χ4n) is 2.19. The second kappa shape index (κ2) is 4.97. The SMILES string of the molecule is Cc1cc(-c2onc(N)c2-c2ccccc2F)c(C)nn1. The molecule has 6 heteroatoms. The molecule has 0 amide bonds. The highest BCUT2D eigenvalue weighted by molar-refractivity contribution is 5.87. The van der Waals surface area contributed by atoms with Gasteiger partial charge in [-0.3, -0.25) is 0 Å². The Morgan fingerprint density at radius 1 is 1.10 bits per heavy atom. The van der Waals surface area contributed by atoms with Crippen molar-refractivity contribution in [3.8, 4) is 22.5 Å². The molecule has 0 atom stereocenters. The summed E-state index contributed by atoms with van der Waals surface area (Å²) in [6.07, 6.45) is 0. The molecule has 3 aromatic rings. The van der Waals surface area contributed by atoms with Crippen LogP contribution in [0.3, 0.4) is 0 Å². The Hall–Kier alpha value is -2.76. The quantitative estimate of drug-likeness (QED) is 0.782. The Balaban J connectivity index is 2.27. The first-order chi connectivity index (χ1) is 10.1. The van der Waals surface area contributed by atoms with Crippen LogP contribution in [-0.2, 0) is 0 Å². The van der Waals surface area contributed by atoms with Crippen molar-refractivity contribution < 1.29 is 8.91 Å². The van der Waals surface area contributed by atoms with Crippen molar-refractivity contribution >= 4 is 5.82 Å². The molecule has 1 aromatic carbocycles. The summed E-state index contributed by atoms with van der Waals surface area (Å²) in [7, 11) is 0. The average Bonchev–Trinajstić information content (AvgIpc) is 2.84. The summed E-state index contributed by atoms with van der Waals surface area (Å²) in [5.41, 5.74) is 8.73. The van der Waals surface area contributed by atoms with Gasteiger partial charge in [-0.1, -0.05) is 23.4 Å². The van der Waals surface area contributed by atoms with E-state index in [2.05, 4.69) is 15.4 Å². The van der Waals surface area contributed by atoms with Crippen LogP contribution in [0.2, 0.25) is 0 Å². The highest BCUT2D eigenvalue weighted by Crippen LogP contribution is 2.38. The number of nitrogens with two attached hydrogens (primary N) is 1. The topological polar surface area (TPSA) is 77.8 Å². The second-order valence-electron chi connectivity index (χ2n) is 4.74. The third kappa shape index (κ3) is 2.24. The van der Waals surface area contributed by atoms with Gasteiger partial charge in [0.15, 0.2) is 11.6 Å². The van der Waals surface area contributed by atoms with Crippen LogP contribution < -0.4 is 5.73 Å². The molecule has 0 fully saturated rings. The van der Waals surface area contributed by atoms with E-state index >= 15 is 0 Å². The standard InChI is InChI=1S/C15H13FN4O/c1-8-7-11(9(2)19-18-8)14-13(15(17)20-21-14)10-5-3-4-6-12(10)16/h3-7H,1-2H3,(H2,17,20). The number of rotatable bonds is 2. The van der Waals surface area contributed by atoms with Crippen LogP contribution in [0.5, 0.6) is 0 Å². The molecule has 21 heavy (non-hydrogen) atoms. The summed E-state index contributed by atoms with van der Waals surface area (Å²) in [5, 5.41) is 11.8. The molecular formula is C15H13FN4O. The van der Waals surface area contributed by atoms with Gasteiger partial charge in [0.1, 0.15) is 5.82 Å². The van der Waals surface area contributed by atoms with Crippen molar-refractivity contribution in [1.29, 1.82) is 0 Å². The van der Waals surface area contributed by atoms with Gasteiger partial charge < -0.3 is 10.3 Å². The number of hydrogen-bond donors (Lipinski definition) is 1. The van der Waals surface area contributed by atoms with E-state index in [0.29, 0.717) is 28.1 Å². The fraction of sp³-hybridized carbons (Fsp3) is 0.133.